The van der Waals surface area contributed by atoms with Crippen molar-refractivity contribution in [2.24, 2.45) is 5.10 Å². The van der Waals surface area contributed by atoms with Crippen LogP contribution in [-0.2, 0) is 0 Å². The normalized spacial score (nSPS) is 10.7. The molecule has 130 valence electrons. The van der Waals surface area contributed by atoms with Gasteiger partial charge in [-0.15, -0.1) is 0 Å². The summed E-state index contributed by atoms with van der Waals surface area (Å²) >= 11 is 0. The van der Waals surface area contributed by atoms with Crippen LogP contribution >= 0.6 is 0 Å². The Morgan fingerprint density at radius 1 is 1.15 bits per heavy atom. The van der Waals surface area contributed by atoms with Crippen molar-refractivity contribution in [3.05, 3.63) is 83.6 Å². The smallest absolute Gasteiger partial charge is 0.379 e. The van der Waals surface area contributed by atoms with E-state index in [-0.39, 0.29) is 11.7 Å². The number of aryl methyl sites for hydroxylation is 1. The molecular weight excluding hydrogens is 334 g/mol. The van der Waals surface area contributed by atoms with E-state index in [0.29, 0.717) is 11.3 Å². The molecule has 0 saturated heterocycles. The molecule has 0 aliphatic rings. The zero-order valence-corrected chi connectivity index (χ0v) is 13.9. The highest BCUT2D eigenvalue weighted by Crippen LogP contribution is 2.13. The molecule has 0 unspecified atom stereocenters. The topological polar surface area (TPSA) is 93.8 Å². The van der Waals surface area contributed by atoms with E-state index in [1.807, 2.05) is 6.92 Å². The van der Waals surface area contributed by atoms with E-state index in [0.717, 1.165) is 11.3 Å². The molecule has 0 saturated carbocycles. The molecule has 2 aromatic heterocycles. The Balaban J connectivity index is 1.55. The van der Waals surface area contributed by atoms with Gasteiger partial charge in [-0.25, -0.2) is 10.2 Å². The van der Waals surface area contributed by atoms with Crippen LogP contribution in [0.2, 0.25) is 0 Å². The summed E-state index contributed by atoms with van der Waals surface area (Å²) < 4.78 is 10.1. The van der Waals surface area contributed by atoms with E-state index >= 15 is 0 Å². The summed E-state index contributed by atoms with van der Waals surface area (Å²) in [5.74, 6) is -0.421. The first-order valence-electron chi connectivity index (χ1n) is 7.73. The molecule has 1 amide bonds. The number of aromatic nitrogens is 1. The zero-order chi connectivity index (χ0) is 18.4. The van der Waals surface area contributed by atoms with E-state index in [1.54, 1.807) is 42.5 Å². The summed E-state index contributed by atoms with van der Waals surface area (Å²) in [6, 6.07) is 13.2. The minimum atomic E-state index is -0.574. The molecule has 2 heterocycles. The Labute approximate surface area is 149 Å². The molecule has 7 heteroatoms. The molecule has 0 aliphatic carbocycles. The summed E-state index contributed by atoms with van der Waals surface area (Å²) in [6.07, 6.45) is 4.37. The number of rotatable bonds is 5. The molecule has 0 radical (unpaired) electrons. The number of carbonyl (C=O) groups is 2. The number of nitrogens with one attached hydrogen (secondary N) is 1. The predicted octanol–water partition coefficient (Wildman–Crippen LogP) is 2.97. The van der Waals surface area contributed by atoms with Gasteiger partial charge in [-0.1, -0.05) is 0 Å². The minimum absolute atomic E-state index is 0.129. The van der Waals surface area contributed by atoms with Crippen molar-refractivity contribution < 1.29 is 18.7 Å². The SMILES string of the molecule is Cc1ccc(C(=O)N/N=C/c2ccc(OC(=O)c3ccco3)cc2)cn1. The lowest BCUT2D eigenvalue weighted by atomic mass is 10.2. The molecule has 0 spiro atoms. The Kier molecular flexibility index (Phi) is 5.19. The lowest BCUT2D eigenvalue weighted by Gasteiger charge is -2.02. The Bertz CT molecular complexity index is 914. The van der Waals surface area contributed by atoms with Crippen molar-refractivity contribution in [1.82, 2.24) is 10.4 Å². The summed E-state index contributed by atoms with van der Waals surface area (Å²) in [6.45, 7) is 1.84. The summed E-state index contributed by atoms with van der Waals surface area (Å²) in [5, 5.41) is 3.90. The first-order valence-corrected chi connectivity index (χ1v) is 7.73. The fraction of sp³-hybridized carbons (Fsp3) is 0.0526. The van der Waals surface area contributed by atoms with Gasteiger partial charge in [0.05, 0.1) is 18.0 Å². The van der Waals surface area contributed by atoms with Crippen molar-refractivity contribution in [2.45, 2.75) is 6.92 Å². The average Bonchev–Trinajstić information content (AvgIpc) is 3.18. The van der Waals surface area contributed by atoms with Crippen molar-refractivity contribution in [2.75, 3.05) is 0 Å². The third kappa shape index (κ3) is 4.41. The maximum Gasteiger partial charge on any atom is 0.379 e. The van der Waals surface area contributed by atoms with Gasteiger partial charge in [0.1, 0.15) is 5.75 Å². The fourth-order valence-electron chi connectivity index (χ4n) is 2.01. The van der Waals surface area contributed by atoms with Gasteiger partial charge < -0.3 is 9.15 Å². The number of nitrogens with zero attached hydrogens (tertiary/aromatic N) is 2. The molecule has 0 fully saturated rings. The number of carbonyl (C=O) groups excluding carboxylic acids is 2. The van der Waals surface area contributed by atoms with Crippen molar-refractivity contribution in [3.8, 4) is 5.75 Å². The van der Waals surface area contributed by atoms with Crippen LogP contribution in [0.1, 0.15) is 32.2 Å². The molecule has 1 N–H and O–H groups in total. The molecular formula is C19H15N3O4. The van der Waals surface area contributed by atoms with Gasteiger partial charge in [-0.2, -0.15) is 5.10 Å². The molecule has 0 aliphatic heterocycles. The third-order valence-corrected chi connectivity index (χ3v) is 3.37. The van der Waals surface area contributed by atoms with Gasteiger partial charge in [0.15, 0.2) is 0 Å². The van der Waals surface area contributed by atoms with E-state index in [4.69, 9.17) is 9.15 Å². The quantitative estimate of drug-likeness (QED) is 0.331. The van der Waals surface area contributed by atoms with Gasteiger partial charge in [0.25, 0.3) is 5.91 Å². The van der Waals surface area contributed by atoms with Gasteiger partial charge in [-0.05, 0) is 61.0 Å². The number of esters is 1. The molecule has 7 nitrogen and oxygen atoms in total. The number of hydrogen-bond acceptors (Lipinski definition) is 6. The fourth-order valence-corrected chi connectivity index (χ4v) is 2.01. The number of amides is 1. The van der Waals surface area contributed by atoms with Crippen LogP contribution in [0, 0.1) is 6.92 Å². The van der Waals surface area contributed by atoms with Gasteiger partial charge in [0, 0.05) is 11.9 Å². The van der Waals surface area contributed by atoms with Crippen LogP contribution in [-0.4, -0.2) is 23.1 Å². The van der Waals surface area contributed by atoms with Crippen molar-refractivity contribution in [3.63, 3.8) is 0 Å². The zero-order valence-electron chi connectivity index (χ0n) is 13.9. The van der Waals surface area contributed by atoms with E-state index in [9.17, 15) is 9.59 Å². The Morgan fingerprint density at radius 3 is 2.62 bits per heavy atom. The first kappa shape index (κ1) is 17.1. The van der Waals surface area contributed by atoms with Crippen LogP contribution < -0.4 is 10.2 Å². The molecule has 3 rings (SSSR count). The number of ether oxygens (including phenoxy) is 1. The van der Waals surface area contributed by atoms with Crippen LogP contribution in [0.15, 0.2) is 70.5 Å². The second kappa shape index (κ2) is 7.89. The molecule has 3 aromatic rings. The van der Waals surface area contributed by atoms with Crippen molar-refractivity contribution >= 4 is 18.1 Å². The average molecular weight is 349 g/mol. The van der Waals surface area contributed by atoms with Gasteiger partial charge in [-0.3, -0.25) is 9.78 Å². The van der Waals surface area contributed by atoms with Crippen molar-refractivity contribution in [1.29, 1.82) is 0 Å². The summed E-state index contributed by atoms with van der Waals surface area (Å²) in [4.78, 5) is 27.7. The standard InChI is InChI=1S/C19H15N3O4/c1-13-4-7-15(12-20-13)18(23)22-21-11-14-5-8-16(9-6-14)26-19(24)17-3-2-10-25-17/h2-12H,1H3,(H,22,23)/b21-11+. The largest absolute Gasteiger partial charge is 0.457 e. The summed E-state index contributed by atoms with van der Waals surface area (Å²) in [5.41, 5.74) is 4.41. The number of hydrazone groups is 1. The molecule has 0 bridgehead atoms. The number of furan rings is 1. The highest BCUT2D eigenvalue weighted by atomic mass is 16.5. The van der Waals surface area contributed by atoms with E-state index in [1.165, 1.54) is 24.7 Å². The van der Waals surface area contributed by atoms with E-state index < -0.39 is 5.97 Å². The minimum Gasteiger partial charge on any atom is -0.457 e. The lowest BCUT2D eigenvalue weighted by Crippen LogP contribution is -2.17. The molecule has 0 atom stereocenters. The van der Waals surface area contributed by atoms with Gasteiger partial charge >= 0.3 is 5.97 Å². The Morgan fingerprint density at radius 2 is 1.96 bits per heavy atom. The number of pyridine rings is 1. The second-order valence-electron chi connectivity index (χ2n) is 5.32. The highest BCUT2D eigenvalue weighted by Gasteiger charge is 2.10. The number of hydrogen-bond donors (Lipinski definition) is 1. The summed E-state index contributed by atoms with van der Waals surface area (Å²) in [7, 11) is 0. The lowest BCUT2D eigenvalue weighted by molar-refractivity contribution is 0.0701. The highest BCUT2D eigenvalue weighted by molar-refractivity contribution is 5.94. The maximum absolute atomic E-state index is 11.9. The first-order chi connectivity index (χ1) is 12.6. The molecule has 26 heavy (non-hydrogen) atoms. The third-order valence-electron chi connectivity index (χ3n) is 3.37. The Hall–Kier alpha value is -3.74. The monoisotopic (exact) mass is 349 g/mol. The van der Waals surface area contributed by atoms with Gasteiger partial charge in [0.2, 0.25) is 5.76 Å². The van der Waals surface area contributed by atoms with Crippen LogP contribution in [0.4, 0.5) is 0 Å². The second-order valence-corrected chi connectivity index (χ2v) is 5.32. The maximum atomic E-state index is 11.9. The van der Waals surface area contributed by atoms with Crippen LogP contribution in [0.5, 0.6) is 5.75 Å². The van der Waals surface area contributed by atoms with Crippen LogP contribution in [0.25, 0.3) is 0 Å². The van der Waals surface area contributed by atoms with E-state index in [2.05, 4.69) is 15.5 Å². The number of benzene rings is 1. The van der Waals surface area contributed by atoms with Crippen LogP contribution in [0.3, 0.4) is 0 Å². The predicted molar refractivity (Wildman–Crippen MR) is 94.1 cm³/mol. The molecule has 1 aromatic carbocycles.